The van der Waals surface area contributed by atoms with Gasteiger partial charge in [-0.15, -0.1) is 0 Å². The molecule has 3 aromatic rings. The molecule has 0 aliphatic rings. The maximum atomic E-state index is 12.1. The maximum absolute atomic E-state index is 12.1. The number of para-hydroxylation sites is 1. The molecule has 3 rings (SSSR count). The Kier molecular flexibility index (Phi) is 5.09. The molecule has 0 spiro atoms. The third kappa shape index (κ3) is 4.22. The average molecular weight is 399 g/mol. The lowest BCUT2D eigenvalue weighted by atomic mass is 10.2. The Morgan fingerprint density at radius 1 is 1.20 bits per heavy atom. The molecule has 2 aromatic carbocycles. The van der Waals surface area contributed by atoms with E-state index in [4.69, 9.17) is 4.74 Å². The molecule has 0 saturated carbocycles. The summed E-state index contributed by atoms with van der Waals surface area (Å²) in [5.41, 5.74) is 1.19. The van der Waals surface area contributed by atoms with E-state index in [1.807, 2.05) is 24.3 Å². The molecule has 0 fully saturated rings. The number of carbonyl (C=O) groups is 1. The maximum Gasteiger partial charge on any atom is 0.331 e. The van der Waals surface area contributed by atoms with Crippen LogP contribution in [0.25, 0.3) is 17.0 Å². The highest BCUT2D eigenvalue weighted by Crippen LogP contribution is 2.15. The minimum Gasteiger partial charge on any atom is -0.451 e. The van der Waals surface area contributed by atoms with Crippen LogP contribution in [0.15, 0.2) is 63.9 Å². The molecule has 0 aliphatic heterocycles. The fourth-order valence-corrected chi connectivity index (χ4v) is 2.57. The van der Waals surface area contributed by atoms with Gasteiger partial charge in [0, 0.05) is 10.5 Å². The van der Waals surface area contributed by atoms with Crippen molar-refractivity contribution in [3.8, 4) is 0 Å². The van der Waals surface area contributed by atoms with Gasteiger partial charge in [-0.2, -0.15) is 0 Å². The smallest absolute Gasteiger partial charge is 0.331 e. The third-order valence-electron chi connectivity index (χ3n) is 3.59. The van der Waals surface area contributed by atoms with Crippen molar-refractivity contribution in [2.45, 2.75) is 13.0 Å². The largest absolute Gasteiger partial charge is 0.451 e. The van der Waals surface area contributed by atoms with Crippen LogP contribution in [0.5, 0.6) is 0 Å². The predicted octanol–water partition coefficient (Wildman–Crippen LogP) is 4.00. The van der Waals surface area contributed by atoms with Crippen molar-refractivity contribution in [1.82, 2.24) is 9.97 Å². The summed E-state index contributed by atoms with van der Waals surface area (Å²) in [6, 6.07) is 14.5. The Balaban J connectivity index is 1.73. The molecular weight excluding hydrogens is 384 g/mol. The van der Waals surface area contributed by atoms with Crippen LogP contribution in [0.3, 0.4) is 0 Å². The van der Waals surface area contributed by atoms with Crippen LogP contribution in [-0.2, 0) is 9.53 Å². The quantitative estimate of drug-likeness (QED) is 0.532. The minimum absolute atomic E-state index is 0.256. The van der Waals surface area contributed by atoms with Gasteiger partial charge in [0.05, 0.1) is 10.9 Å². The molecule has 1 aromatic heterocycles. The summed E-state index contributed by atoms with van der Waals surface area (Å²) >= 11 is 3.36. The molecular formula is C19H15BrN2O3. The molecule has 6 heteroatoms. The predicted molar refractivity (Wildman–Crippen MR) is 100 cm³/mol. The Labute approximate surface area is 152 Å². The second-order valence-corrected chi connectivity index (χ2v) is 6.35. The Morgan fingerprint density at radius 2 is 1.92 bits per heavy atom. The molecule has 0 aliphatic carbocycles. The number of carbonyl (C=O) groups excluding carboxylic acids is 1. The van der Waals surface area contributed by atoms with Gasteiger partial charge in [0.1, 0.15) is 0 Å². The molecule has 1 heterocycles. The van der Waals surface area contributed by atoms with E-state index in [2.05, 4.69) is 25.9 Å². The second kappa shape index (κ2) is 7.44. The van der Waals surface area contributed by atoms with Gasteiger partial charge < -0.3 is 9.72 Å². The first-order chi connectivity index (χ1) is 12.0. The number of esters is 1. The van der Waals surface area contributed by atoms with E-state index >= 15 is 0 Å². The summed E-state index contributed by atoms with van der Waals surface area (Å²) in [7, 11) is 0. The van der Waals surface area contributed by atoms with Crippen molar-refractivity contribution in [2.75, 3.05) is 0 Å². The fourth-order valence-electron chi connectivity index (χ4n) is 2.30. The third-order valence-corrected chi connectivity index (χ3v) is 4.12. The van der Waals surface area contributed by atoms with Crippen LogP contribution < -0.4 is 5.56 Å². The van der Waals surface area contributed by atoms with E-state index < -0.39 is 12.1 Å². The number of benzene rings is 2. The van der Waals surface area contributed by atoms with Crippen molar-refractivity contribution in [3.63, 3.8) is 0 Å². The zero-order chi connectivity index (χ0) is 17.8. The van der Waals surface area contributed by atoms with E-state index in [0.717, 1.165) is 10.0 Å². The number of hydrogen-bond donors (Lipinski definition) is 1. The number of ether oxygens (including phenoxy) is 1. The number of nitrogens with zero attached hydrogens (tertiary/aromatic N) is 1. The van der Waals surface area contributed by atoms with Gasteiger partial charge in [0.15, 0.2) is 11.9 Å². The van der Waals surface area contributed by atoms with E-state index in [9.17, 15) is 9.59 Å². The number of fused-ring (bicyclic) bond motifs is 1. The van der Waals surface area contributed by atoms with Gasteiger partial charge in [0.2, 0.25) is 0 Å². The monoisotopic (exact) mass is 398 g/mol. The lowest BCUT2D eigenvalue weighted by Gasteiger charge is -2.11. The topological polar surface area (TPSA) is 72.0 Å². The van der Waals surface area contributed by atoms with Crippen LogP contribution in [0.4, 0.5) is 0 Å². The molecule has 0 saturated heterocycles. The summed E-state index contributed by atoms with van der Waals surface area (Å²) in [5.74, 6) is -0.194. The molecule has 0 unspecified atom stereocenters. The molecule has 0 bridgehead atoms. The highest BCUT2D eigenvalue weighted by Gasteiger charge is 2.14. The summed E-state index contributed by atoms with van der Waals surface area (Å²) in [6.45, 7) is 1.67. The normalized spacial score (nSPS) is 12.4. The van der Waals surface area contributed by atoms with Crippen LogP contribution in [0.1, 0.15) is 24.4 Å². The number of nitrogens with one attached hydrogen (secondary N) is 1. The lowest BCUT2D eigenvalue weighted by molar-refractivity contribution is -0.142. The first kappa shape index (κ1) is 17.1. The molecule has 25 heavy (non-hydrogen) atoms. The first-order valence-corrected chi connectivity index (χ1v) is 8.45. The van der Waals surface area contributed by atoms with Gasteiger partial charge in [-0.1, -0.05) is 40.2 Å². The van der Waals surface area contributed by atoms with Crippen molar-refractivity contribution >= 4 is 38.9 Å². The van der Waals surface area contributed by atoms with E-state index in [1.165, 1.54) is 6.08 Å². The van der Waals surface area contributed by atoms with E-state index in [1.54, 1.807) is 37.3 Å². The van der Waals surface area contributed by atoms with Crippen LogP contribution in [0.2, 0.25) is 0 Å². The summed E-state index contributed by atoms with van der Waals surface area (Å²) in [5, 5.41) is 0.500. The van der Waals surface area contributed by atoms with Gasteiger partial charge in [-0.25, -0.2) is 9.78 Å². The Morgan fingerprint density at radius 3 is 2.68 bits per heavy atom. The highest BCUT2D eigenvalue weighted by atomic mass is 79.9. The molecule has 0 radical (unpaired) electrons. The molecule has 0 amide bonds. The molecule has 1 atom stereocenters. The second-order valence-electron chi connectivity index (χ2n) is 5.43. The van der Waals surface area contributed by atoms with Crippen LogP contribution in [0, 0.1) is 0 Å². The van der Waals surface area contributed by atoms with Gasteiger partial charge >= 0.3 is 5.97 Å². The molecule has 5 nitrogen and oxygen atoms in total. The van der Waals surface area contributed by atoms with Crippen molar-refractivity contribution in [3.05, 3.63) is 80.8 Å². The molecule has 126 valence electrons. The summed E-state index contributed by atoms with van der Waals surface area (Å²) < 4.78 is 6.28. The van der Waals surface area contributed by atoms with Crippen LogP contribution in [-0.4, -0.2) is 15.9 Å². The average Bonchev–Trinajstić information content (AvgIpc) is 2.61. The Hall–Kier alpha value is -2.73. The van der Waals surface area contributed by atoms with E-state index in [-0.39, 0.29) is 5.56 Å². The summed E-state index contributed by atoms with van der Waals surface area (Å²) in [4.78, 5) is 31.1. The minimum atomic E-state index is -0.667. The zero-order valence-electron chi connectivity index (χ0n) is 13.4. The zero-order valence-corrected chi connectivity index (χ0v) is 15.0. The number of aromatic amines is 1. The number of rotatable bonds is 4. The number of aromatic nitrogens is 2. The standard InChI is InChI=1S/C19H15BrN2O3/c1-12(18-21-16-5-3-2-4-15(16)19(24)22-18)25-17(23)11-8-13-6-9-14(20)10-7-13/h2-12H,1H3,(H,21,22,24)/b11-8+/t12-/m0/s1. The lowest BCUT2D eigenvalue weighted by Crippen LogP contribution is -2.16. The number of halogens is 1. The van der Waals surface area contributed by atoms with Gasteiger partial charge in [-0.05, 0) is 42.8 Å². The van der Waals surface area contributed by atoms with Crippen LogP contribution >= 0.6 is 15.9 Å². The van der Waals surface area contributed by atoms with Crippen molar-refractivity contribution < 1.29 is 9.53 Å². The fraction of sp³-hybridized carbons (Fsp3) is 0.105. The van der Waals surface area contributed by atoms with Gasteiger partial charge in [-0.3, -0.25) is 4.79 Å². The number of hydrogen-bond acceptors (Lipinski definition) is 4. The van der Waals surface area contributed by atoms with Gasteiger partial charge in [0.25, 0.3) is 5.56 Å². The Bertz CT molecular complexity index is 993. The highest BCUT2D eigenvalue weighted by molar-refractivity contribution is 9.10. The molecule has 1 N–H and O–H groups in total. The van der Waals surface area contributed by atoms with Crippen molar-refractivity contribution in [2.24, 2.45) is 0 Å². The first-order valence-electron chi connectivity index (χ1n) is 7.66. The van der Waals surface area contributed by atoms with Crippen molar-refractivity contribution in [1.29, 1.82) is 0 Å². The SMILES string of the molecule is C[C@H](OC(=O)/C=C/c1ccc(Br)cc1)c1nc2ccccc2c(=O)[nH]1. The number of H-pyrrole nitrogens is 1. The summed E-state index contributed by atoms with van der Waals surface area (Å²) in [6.07, 6.45) is 2.34. The van der Waals surface area contributed by atoms with E-state index in [0.29, 0.717) is 16.7 Å².